The van der Waals surface area contributed by atoms with Crippen molar-refractivity contribution in [2.45, 2.75) is 18.0 Å². The van der Waals surface area contributed by atoms with Crippen molar-refractivity contribution in [2.24, 2.45) is 5.14 Å². The van der Waals surface area contributed by atoms with E-state index in [0.29, 0.717) is 11.3 Å². The summed E-state index contributed by atoms with van der Waals surface area (Å²) in [6, 6.07) is 7.15. The number of urea groups is 1. The molecule has 0 fully saturated rings. The largest absolute Gasteiger partial charge is 0.416 e. The molecule has 10 heteroatoms. The number of alkyl halides is 3. The lowest BCUT2D eigenvalue weighted by molar-refractivity contribution is -0.137. The molecule has 4 N–H and O–H groups in total. The van der Waals surface area contributed by atoms with Gasteiger partial charge in [-0.25, -0.2) is 18.4 Å². The third-order valence-corrected chi connectivity index (χ3v) is 4.16. The van der Waals surface area contributed by atoms with Gasteiger partial charge in [0.2, 0.25) is 10.0 Å². The Morgan fingerprint density at radius 1 is 1.04 bits per heavy atom. The molecule has 0 spiro atoms. The van der Waals surface area contributed by atoms with Gasteiger partial charge in [0.25, 0.3) is 0 Å². The van der Waals surface area contributed by atoms with Crippen LogP contribution in [0.25, 0.3) is 0 Å². The molecular formula is C15H14F3N3O3S. The van der Waals surface area contributed by atoms with E-state index >= 15 is 0 Å². The Morgan fingerprint density at radius 2 is 1.64 bits per heavy atom. The average molecular weight is 373 g/mol. The fraction of sp³-hybridized carbons (Fsp3) is 0.133. The van der Waals surface area contributed by atoms with Crippen LogP contribution in [0.5, 0.6) is 0 Å². The summed E-state index contributed by atoms with van der Waals surface area (Å²) in [7, 11) is -3.86. The van der Waals surface area contributed by atoms with Crippen molar-refractivity contribution in [3.8, 4) is 0 Å². The number of hydrogen-bond acceptors (Lipinski definition) is 3. The summed E-state index contributed by atoms with van der Waals surface area (Å²) in [6.07, 6.45) is -4.46. The molecule has 134 valence electrons. The van der Waals surface area contributed by atoms with Gasteiger partial charge >= 0.3 is 12.2 Å². The predicted octanol–water partition coefficient (Wildman–Crippen LogP) is 3.31. The number of hydrogen-bond donors (Lipinski definition) is 3. The highest BCUT2D eigenvalue weighted by atomic mass is 32.2. The molecule has 6 nitrogen and oxygen atoms in total. The molecule has 0 saturated heterocycles. The van der Waals surface area contributed by atoms with Crippen LogP contribution in [0.2, 0.25) is 0 Å². The van der Waals surface area contributed by atoms with Gasteiger partial charge in [-0.05, 0) is 55.0 Å². The summed E-state index contributed by atoms with van der Waals surface area (Å²) in [5.74, 6) is 0. The fourth-order valence-corrected chi connectivity index (χ4v) is 2.58. The molecule has 25 heavy (non-hydrogen) atoms. The lowest BCUT2D eigenvalue weighted by Gasteiger charge is -2.12. The Kier molecular flexibility index (Phi) is 5.04. The van der Waals surface area contributed by atoms with E-state index in [4.69, 9.17) is 5.14 Å². The molecular weight excluding hydrogens is 359 g/mol. The summed E-state index contributed by atoms with van der Waals surface area (Å²) in [5.41, 5.74) is 0.128. The van der Waals surface area contributed by atoms with Crippen molar-refractivity contribution in [3.63, 3.8) is 0 Å². The maximum atomic E-state index is 12.5. The second kappa shape index (κ2) is 6.73. The number of rotatable bonds is 3. The Morgan fingerprint density at radius 3 is 2.12 bits per heavy atom. The van der Waals surface area contributed by atoms with E-state index < -0.39 is 27.8 Å². The van der Waals surface area contributed by atoms with Gasteiger partial charge in [0.1, 0.15) is 0 Å². The first-order valence-corrected chi connectivity index (χ1v) is 8.40. The zero-order valence-electron chi connectivity index (χ0n) is 12.9. The molecule has 0 aromatic heterocycles. The van der Waals surface area contributed by atoms with Gasteiger partial charge in [-0.2, -0.15) is 13.2 Å². The number of aryl methyl sites for hydroxylation is 1. The Hall–Kier alpha value is -2.59. The van der Waals surface area contributed by atoms with Gasteiger partial charge in [-0.15, -0.1) is 0 Å². The van der Waals surface area contributed by atoms with Crippen molar-refractivity contribution in [1.29, 1.82) is 0 Å². The van der Waals surface area contributed by atoms with E-state index in [2.05, 4.69) is 10.6 Å². The second-order valence-electron chi connectivity index (χ2n) is 5.18. The molecule has 0 radical (unpaired) electrons. The molecule has 2 rings (SSSR count). The van der Waals surface area contributed by atoms with Crippen LogP contribution in [0.4, 0.5) is 29.3 Å². The molecule has 2 aromatic carbocycles. The lowest BCUT2D eigenvalue weighted by Crippen LogP contribution is -2.20. The van der Waals surface area contributed by atoms with Crippen molar-refractivity contribution >= 4 is 27.4 Å². The summed E-state index contributed by atoms with van der Waals surface area (Å²) in [5, 5.41) is 9.87. The first-order chi connectivity index (χ1) is 11.5. The minimum absolute atomic E-state index is 0.0984. The molecule has 0 unspecified atom stereocenters. The zero-order chi connectivity index (χ0) is 18.8. The summed E-state index contributed by atoms with van der Waals surface area (Å²) in [4.78, 5) is 11.8. The van der Waals surface area contributed by atoms with Gasteiger partial charge in [0, 0.05) is 11.4 Å². The van der Waals surface area contributed by atoms with Crippen molar-refractivity contribution < 1.29 is 26.4 Å². The van der Waals surface area contributed by atoms with Crippen molar-refractivity contribution in [2.75, 3.05) is 10.6 Å². The molecule has 0 aliphatic carbocycles. The highest BCUT2D eigenvalue weighted by Gasteiger charge is 2.29. The maximum absolute atomic E-state index is 12.5. The standard InChI is InChI=1S/C15H14F3N3O3S/c1-9-8-12(25(19,23)24)6-7-13(9)21-14(22)20-11-4-2-10(3-5-11)15(16,17)18/h2-8H,1H3,(H2,19,23,24)(H2,20,21,22). The smallest absolute Gasteiger partial charge is 0.308 e. The molecule has 0 saturated carbocycles. The molecule has 0 atom stereocenters. The molecule has 2 aromatic rings. The second-order valence-corrected chi connectivity index (χ2v) is 6.74. The average Bonchev–Trinajstić information content (AvgIpc) is 2.48. The monoisotopic (exact) mass is 373 g/mol. The highest BCUT2D eigenvalue weighted by Crippen LogP contribution is 2.29. The Balaban J connectivity index is 2.08. The Bertz CT molecular complexity index is 894. The van der Waals surface area contributed by atoms with Crippen LogP contribution in [-0.2, 0) is 16.2 Å². The van der Waals surface area contributed by atoms with Crippen LogP contribution in [0.15, 0.2) is 47.4 Å². The number of sulfonamides is 1. The third kappa shape index (κ3) is 4.94. The SMILES string of the molecule is Cc1cc(S(N)(=O)=O)ccc1NC(=O)Nc1ccc(C(F)(F)F)cc1. The van der Waals surface area contributed by atoms with Crippen LogP contribution >= 0.6 is 0 Å². The van der Waals surface area contributed by atoms with Crippen LogP contribution < -0.4 is 15.8 Å². The summed E-state index contributed by atoms with van der Waals surface area (Å²) in [6.45, 7) is 1.57. The van der Waals surface area contributed by atoms with Gasteiger partial charge in [-0.3, -0.25) is 0 Å². The first-order valence-electron chi connectivity index (χ1n) is 6.85. The normalized spacial score (nSPS) is 11.9. The van der Waals surface area contributed by atoms with Crippen molar-refractivity contribution in [1.82, 2.24) is 0 Å². The van der Waals surface area contributed by atoms with E-state index in [1.54, 1.807) is 6.92 Å². The molecule has 2 amide bonds. The van der Waals surface area contributed by atoms with E-state index in [-0.39, 0.29) is 10.6 Å². The molecule has 0 aliphatic heterocycles. The molecule has 0 aliphatic rings. The van der Waals surface area contributed by atoms with E-state index in [1.807, 2.05) is 0 Å². The topological polar surface area (TPSA) is 101 Å². The van der Waals surface area contributed by atoms with Crippen LogP contribution in [0.3, 0.4) is 0 Å². The summed E-state index contributed by atoms with van der Waals surface area (Å²) >= 11 is 0. The van der Waals surface area contributed by atoms with Crippen molar-refractivity contribution in [3.05, 3.63) is 53.6 Å². The number of nitrogens with one attached hydrogen (secondary N) is 2. The Labute approximate surface area is 141 Å². The highest BCUT2D eigenvalue weighted by molar-refractivity contribution is 7.89. The predicted molar refractivity (Wildman–Crippen MR) is 86.6 cm³/mol. The number of benzene rings is 2. The number of carbonyl (C=O) groups excluding carboxylic acids is 1. The van der Waals surface area contributed by atoms with E-state index in [9.17, 15) is 26.4 Å². The number of nitrogens with two attached hydrogens (primary N) is 1. The quantitative estimate of drug-likeness (QED) is 0.769. The fourth-order valence-electron chi connectivity index (χ4n) is 1.98. The number of carbonyl (C=O) groups is 1. The van der Waals surface area contributed by atoms with Gasteiger partial charge in [-0.1, -0.05) is 0 Å². The number of anilines is 2. The van der Waals surface area contributed by atoms with E-state index in [1.165, 1.54) is 18.2 Å². The number of halogens is 3. The van der Waals surface area contributed by atoms with Crippen LogP contribution in [0.1, 0.15) is 11.1 Å². The van der Waals surface area contributed by atoms with Gasteiger partial charge < -0.3 is 10.6 Å². The third-order valence-electron chi connectivity index (χ3n) is 3.24. The van der Waals surface area contributed by atoms with Crippen LogP contribution in [-0.4, -0.2) is 14.4 Å². The minimum Gasteiger partial charge on any atom is -0.308 e. The van der Waals surface area contributed by atoms with Gasteiger partial charge in [0.15, 0.2) is 0 Å². The zero-order valence-corrected chi connectivity index (χ0v) is 13.7. The minimum atomic E-state index is -4.46. The lowest BCUT2D eigenvalue weighted by atomic mass is 10.2. The number of primary sulfonamides is 1. The number of amides is 2. The first kappa shape index (κ1) is 18.7. The van der Waals surface area contributed by atoms with Crippen LogP contribution in [0, 0.1) is 6.92 Å². The maximum Gasteiger partial charge on any atom is 0.416 e. The molecule has 0 bridgehead atoms. The van der Waals surface area contributed by atoms with E-state index in [0.717, 1.165) is 24.3 Å². The van der Waals surface area contributed by atoms with Gasteiger partial charge in [0.05, 0.1) is 10.5 Å². The summed E-state index contributed by atoms with van der Waals surface area (Å²) < 4.78 is 59.9. The molecule has 0 heterocycles.